The van der Waals surface area contributed by atoms with Crippen LogP contribution in [-0.2, 0) is 5.41 Å². The molecule has 0 saturated heterocycles. The molecule has 0 amide bonds. The van der Waals surface area contributed by atoms with Crippen LogP contribution in [0.15, 0.2) is 9.64 Å². The molecule has 4 bridgehead atoms. The van der Waals surface area contributed by atoms with Crippen LogP contribution in [0.25, 0.3) is 0 Å². The zero-order valence-corrected chi connectivity index (χ0v) is 11.7. The predicted molar refractivity (Wildman–Crippen MR) is 70.5 cm³/mol. The molecule has 98 valence electrons. The van der Waals surface area contributed by atoms with Gasteiger partial charge in [-0.25, -0.2) is 0 Å². The van der Waals surface area contributed by atoms with E-state index in [2.05, 4.69) is 17.1 Å². The number of hydrogen-bond donors (Lipinski definition) is 0. The van der Waals surface area contributed by atoms with Crippen LogP contribution < -0.4 is 0 Å². The second-order valence-corrected chi connectivity index (χ2v) is 7.72. The van der Waals surface area contributed by atoms with E-state index < -0.39 is 0 Å². The van der Waals surface area contributed by atoms with Crippen molar-refractivity contribution in [2.24, 2.45) is 17.8 Å². The molecule has 0 spiro atoms. The SMILES string of the molecule is CCSc1nnc(C23CC4CC(CC(C4)C2)C3)o1. The minimum Gasteiger partial charge on any atom is -0.415 e. The van der Waals surface area contributed by atoms with Crippen LogP contribution >= 0.6 is 11.8 Å². The quantitative estimate of drug-likeness (QED) is 0.781. The lowest BCUT2D eigenvalue weighted by atomic mass is 9.49. The fourth-order valence-electron chi connectivity index (χ4n) is 4.98. The summed E-state index contributed by atoms with van der Waals surface area (Å²) in [7, 11) is 0. The van der Waals surface area contributed by atoms with Crippen molar-refractivity contribution in [2.75, 3.05) is 5.75 Å². The molecule has 1 aromatic heterocycles. The molecule has 4 fully saturated rings. The van der Waals surface area contributed by atoms with Gasteiger partial charge in [-0.05, 0) is 62.0 Å². The van der Waals surface area contributed by atoms with Gasteiger partial charge in [0, 0.05) is 5.41 Å². The smallest absolute Gasteiger partial charge is 0.276 e. The molecular weight excluding hydrogens is 244 g/mol. The fraction of sp³-hybridized carbons (Fsp3) is 0.857. The summed E-state index contributed by atoms with van der Waals surface area (Å²) in [5.41, 5.74) is 0.258. The molecular formula is C14H20N2OS. The second-order valence-electron chi connectivity index (χ2n) is 6.50. The Morgan fingerprint density at radius 3 is 2.28 bits per heavy atom. The number of thioether (sulfide) groups is 1. The van der Waals surface area contributed by atoms with E-state index in [0.29, 0.717) is 0 Å². The van der Waals surface area contributed by atoms with Gasteiger partial charge >= 0.3 is 0 Å². The Morgan fingerprint density at radius 1 is 1.11 bits per heavy atom. The van der Waals surface area contributed by atoms with E-state index >= 15 is 0 Å². The van der Waals surface area contributed by atoms with Crippen molar-refractivity contribution in [3.05, 3.63) is 5.89 Å². The van der Waals surface area contributed by atoms with Gasteiger partial charge in [-0.3, -0.25) is 0 Å². The van der Waals surface area contributed by atoms with Gasteiger partial charge in [0.05, 0.1) is 0 Å². The summed E-state index contributed by atoms with van der Waals surface area (Å²) in [5, 5.41) is 9.36. The van der Waals surface area contributed by atoms with Crippen LogP contribution in [0.1, 0.15) is 51.3 Å². The summed E-state index contributed by atoms with van der Waals surface area (Å²) >= 11 is 1.66. The molecule has 18 heavy (non-hydrogen) atoms. The molecule has 4 heteroatoms. The third-order valence-corrected chi connectivity index (χ3v) is 5.87. The maximum Gasteiger partial charge on any atom is 0.276 e. The number of aromatic nitrogens is 2. The van der Waals surface area contributed by atoms with E-state index in [4.69, 9.17) is 4.42 Å². The van der Waals surface area contributed by atoms with E-state index in [1.807, 2.05) is 0 Å². The summed E-state index contributed by atoms with van der Waals surface area (Å²) in [6.07, 6.45) is 8.30. The molecule has 0 unspecified atom stereocenters. The average Bonchev–Trinajstić information content (AvgIpc) is 2.77. The number of hydrogen-bond acceptors (Lipinski definition) is 4. The lowest BCUT2D eigenvalue weighted by Crippen LogP contribution is -2.48. The van der Waals surface area contributed by atoms with Crippen molar-refractivity contribution in [1.82, 2.24) is 10.2 Å². The highest BCUT2D eigenvalue weighted by atomic mass is 32.2. The van der Waals surface area contributed by atoms with Gasteiger partial charge in [-0.15, -0.1) is 10.2 Å². The van der Waals surface area contributed by atoms with Gasteiger partial charge in [-0.1, -0.05) is 18.7 Å². The lowest BCUT2D eigenvalue weighted by molar-refractivity contribution is -0.0191. The maximum atomic E-state index is 5.95. The van der Waals surface area contributed by atoms with Crippen molar-refractivity contribution in [2.45, 2.75) is 56.1 Å². The Labute approximate surface area is 112 Å². The molecule has 0 radical (unpaired) electrons. The normalized spacial score (nSPS) is 41.5. The summed E-state index contributed by atoms with van der Waals surface area (Å²) in [5.74, 6) is 4.77. The fourth-order valence-corrected chi connectivity index (χ4v) is 5.46. The Hall–Kier alpha value is -0.510. The monoisotopic (exact) mass is 264 g/mol. The molecule has 0 aromatic carbocycles. The highest BCUT2D eigenvalue weighted by molar-refractivity contribution is 7.99. The Bertz CT molecular complexity index is 421. The van der Waals surface area contributed by atoms with E-state index in [1.165, 1.54) is 38.5 Å². The first-order valence-corrected chi connectivity index (χ1v) is 8.23. The van der Waals surface area contributed by atoms with Crippen LogP contribution in [0.3, 0.4) is 0 Å². The van der Waals surface area contributed by atoms with Crippen molar-refractivity contribution < 1.29 is 4.42 Å². The van der Waals surface area contributed by atoms with Gasteiger partial charge in [-0.2, -0.15) is 0 Å². The van der Waals surface area contributed by atoms with E-state index in [1.54, 1.807) is 11.8 Å². The number of nitrogens with zero attached hydrogens (tertiary/aromatic N) is 2. The molecule has 1 heterocycles. The minimum absolute atomic E-state index is 0.258. The Kier molecular flexibility index (Phi) is 2.51. The first-order valence-electron chi connectivity index (χ1n) is 7.24. The zero-order chi connectivity index (χ0) is 12.2. The zero-order valence-electron chi connectivity index (χ0n) is 10.9. The average molecular weight is 264 g/mol. The number of rotatable bonds is 3. The third-order valence-electron chi connectivity index (χ3n) is 5.17. The lowest BCUT2D eigenvalue weighted by Gasteiger charge is -2.55. The van der Waals surface area contributed by atoms with Gasteiger partial charge in [0.1, 0.15) is 0 Å². The summed E-state index contributed by atoms with van der Waals surface area (Å²) in [4.78, 5) is 0. The largest absolute Gasteiger partial charge is 0.415 e. The summed E-state index contributed by atoms with van der Waals surface area (Å²) in [6.45, 7) is 2.12. The molecule has 0 N–H and O–H groups in total. The maximum absolute atomic E-state index is 5.95. The highest BCUT2D eigenvalue weighted by Crippen LogP contribution is 2.60. The van der Waals surface area contributed by atoms with Gasteiger partial charge in [0.2, 0.25) is 5.89 Å². The molecule has 4 saturated carbocycles. The van der Waals surface area contributed by atoms with Crippen LogP contribution in [0.4, 0.5) is 0 Å². The molecule has 3 nitrogen and oxygen atoms in total. The molecule has 1 aromatic rings. The van der Waals surface area contributed by atoms with E-state index in [-0.39, 0.29) is 5.41 Å². The van der Waals surface area contributed by atoms with Gasteiger partial charge in [0.25, 0.3) is 5.22 Å². The van der Waals surface area contributed by atoms with Crippen molar-refractivity contribution in [1.29, 1.82) is 0 Å². The Balaban J connectivity index is 1.66. The minimum atomic E-state index is 0.258. The first-order chi connectivity index (χ1) is 8.77. The van der Waals surface area contributed by atoms with Crippen molar-refractivity contribution in [3.63, 3.8) is 0 Å². The van der Waals surface area contributed by atoms with Crippen LogP contribution in [-0.4, -0.2) is 16.0 Å². The molecule has 4 aliphatic carbocycles. The molecule has 4 aliphatic rings. The van der Waals surface area contributed by atoms with Crippen molar-refractivity contribution in [3.8, 4) is 0 Å². The van der Waals surface area contributed by atoms with E-state index in [0.717, 1.165) is 34.6 Å². The molecule has 5 rings (SSSR count). The van der Waals surface area contributed by atoms with Crippen LogP contribution in [0.5, 0.6) is 0 Å². The second kappa shape index (κ2) is 3.99. The topological polar surface area (TPSA) is 38.9 Å². The first kappa shape index (κ1) is 11.3. The van der Waals surface area contributed by atoms with Crippen LogP contribution in [0.2, 0.25) is 0 Å². The van der Waals surface area contributed by atoms with E-state index in [9.17, 15) is 0 Å². The van der Waals surface area contributed by atoms with Gasteiger partial charge < -0.3 is 4.42 Å². The third kappa shape index (κ3) is 1.64. The molecule has 0 aliphatic heterocycles. The van der Waals surface area contributed by atoms with Crippen molar-refractivity contribution >= 4 is 11.8 Å². The Morgan fingerprint density at radius 2 is 1.72 bits per heavy atom. The predicted octanol–water partition coefficient (Wildman–Crippen LogP) is 3.65. The summed E-state index contributed by atoms with van der Waals surface area (Å²) < 4.78 is 5.95. The van der Waals surface area contributed by atoms with Crippen LogP contribution in [0, 0.1) is 17.8 Å². The molecule has 0 atom stereocenters. The standard InChI is InChI=1S/C14H20N2OS/c1-2-18-13-16-15-12(17-13)14-6-9-3-10(7-14)5-11(4-9)8-14/h9-11H,2-8H2,1H3. The summed E-state index contributed by atoms with van der Waals surface area (Å²) in [6, 6.07) is 0. The highest BCUT2D eigenvalue weighted by Gasteiger charge is 2.54. The van der Waals surface area contributed by atoms with Gasteiger partial charge in [0.15, 0.2) is 0 Å².